The van der Waals surface area contributed by atoms with Crippen molar-refractivity contribution < 1.29 is 9.47 Å². The molecule has 0 bridgehead atoms. The van der Waals surface area contributed by atoms with Gasteiger partial charge in [-0.2, -0.15) is 0 Å². The van der Waals surface area contributed by atoms with E-state index in [9.17, 15) is 0 Å². The van der Waals surface area contributed by atoms with E-state index in [-0.39, 0.29) is 11.7 Å². The zero-order valence-electron chi connectivity index (χ0n) is 11.9. The Balaban J connectivity index is 2.34. The average molecular weight is 246 g/mol. The van der Waals surface area contributed by atoms with Crippen LogP contribution in [-0.4, -0.2) is 11.7 Å². The van der Waals surface area contributed by atoms with E-state index in [1.807, 2.05) is 6.07 Å². The van der Waals surface area contributed by atoms with Crippen molar-refractivity contribution in [2.24, 2.45) is 0 Å². The van der Waals surface area contributed by atoms with Gasteiger partial charge < -0.3 is 9.47 Å². The van der Waals surface area contributed by atoms with Gasteiger partial charge in [0.15, 0.2) is 0 Å². The standard InChI is InChI=1S/C16H22O2/c1-6-12(3)17-13-9-11(2)14-7-8-16(4,5)18-15(14)10-13/h7-10,12H,6H2,1-5H3. The van der Waals surface area contributed by atoms with Gasteiger partial charge in [0.2, 0.25) is 0 Å². The molecule has 1 aromatic carbocycles. The fourth-order valence-electron chi connectivity index (χ4n) is 2.02. The van der Waals surface area contributed by atoms with E-state index < -0.39 is 0 Å². The molecule has 0 saturated heterocycles. The van der Waals surface area contributed by atoms with Gasteiger partial charge >= 0.3 is 0 Å². The number of hydrogen-bond acceptors (Lipinski definition) is 2. The van der Waals surface area contributed by atoms with Crippen molar-refractivity contribution in [1.82, 2.24) is 0 Å². The molecule has 98 valence electrons. The first-order valence-corrected chi connectivity index (χ1v) is 6.61. The molecule has 0 radical (unpaired) electrons. The summed E-state index contributed by atoms with van der Waals surface area (Å²) in [7, 11) is 0. The SMILES string of the molecule is CCC(C)Oc1cc(C)c2c(c1)OC(C)(C)C=C2. The smallest absolute Gasteiger partial charge is 0.131 e. The first-order valence-electron chi connectivity index (χ1n) is 6.61. The fraction of sp³-hybridized carbons (Fsp3) is 0.500. The lowest BCUT2D eigenvalue weighted by Gasteiger charge is -2.29. The second-order valence-corrected chi connectivity index (χ2v) is 5.53. The van der Waals surface area contributed by atoms with Crippen molar-refractivity contribution in [3.8, 4) is 11.5 Å². The predicted molar refractivity (Wildman–Crippen MR) is 75.3 cm³/mol. The summed E-state index contributed by atoms with van der Waals surface area (Å²) in [6, 6.07) is 4.08. The molecule has 0 aliphatic carbocycles. The maximum atomic E-state index is 5.99. The third kappa shape index (κ3) is 2.69. The van der Waals surface area contributed by atoms with Crippen LogP contribution in [0.4, 0.5) is 0 Å². The van der Waals surface area contributed by atoms with Crippen molar-refractivity contribution in [2.45, 2.75) is 52.7 Å². The number of rotatable bonds is 3. The van der Waals surface area contributed by atoms with Gasteiger partial charge in [-0.1, -0.05) is 13.0 Å². The monoisotopic (exact) mass is 246 g/mol. The van der Waals surface area contributed by atoms with E-state index in [0.717, 1.165) is 23.5 Å². The van der Waals surface area contributed by atoms with Crippen LogP contribution < -0.4 is 9.47 Å². The van der Waals surface area contributed by atoms with Crippen molar-refractivity contribution in [2.75, 3.05) is 0 Å². The largest absolute Gasteiger partial charge is 0.491 e. The molecule has 1 aliphatic heterocycles. The molecule has 0 amide bonds. The summed E-state index contributed by atoms with van der Waals surface area (Å²) in [6.07, 6.45) is 5.47. The van der Waals surface area contributed by atoms with Crippen LogP contribution in [0.2, 0.25) is 0 Å². The summed E-state index contributed by atoms with van der Waals surface area (Å²) in [5.74, 6) is 1.81. The topological polar surface area (TPSA) is 18.5 Å². The van der Waals surface area contributed by atoms with Gasteiger partial charge in [-0.15, -0.1) is 0 Å². The highest BCUT2D eigenvalue weighted by molar-refractivity contribution is 5.65. The summed E-state index contributed by atoms with van der Waals surface area (Å²) in [4.78, 5) is 0. The zero-order chi connectivity index (χ0) is 13.3. The first-order chi connectivity index (χ1) is 8.41. The van der Waals surface area contributed by atoms with E-state index in [1.165, 1.54) is 5.56 Å². The van der Waals surface area contributed by atoms with Gasteiger partial charge in [0, 0.05) is 11.6 Å². The molecule has 2 heteroatoms. The lowest BCUT2D eigenvalue weighted by molar-refractivity contribution is 0.156. The molecule has 0 fully saturated rings. The molecular weight excluding hydrogens is 224 g/mol. The molecule has 1 atom stereocenters. The molecule has 0 saturated carbocycles. The molecule has 0 spiro atoms. The summed E-state index contributed by atoms with van der Waals surface area (Å²) >= 11 is 0. The van der Waals surface area contributed by atoms with Gasteiger partial charge in [0.05, 0.1) is 6.10 Å². The van der Waals surface area contributed by atoms with Crippen LogP contribution in [0.3, 0.4) is 0 Å². The maximum absolute atomic E-state index is 5.99. The maximum Gasteiger partial charge on any atom is 0.131 e. The van der Waals surface area contributed by atoms with Crippen LogP contribution in [0.25, 0.3) is 6.08 Å². The van der Waals surface area contributed by atoms with Gasteiger partial charge in [-0.05, 0) is 51.8 Å². The van der Waals surface area contributed by atoms with Crippen molar-refractivity contribution in [3.05, 3.63) is 29.3 Å². The molecule has 1 heterocycles. The average Bonchev–Trinajstić information content (AvgIpc) is 2.26. The van der Waals surface area contributed by atoms with Crippen LogP contribution in [0.1, 0.15) is 45.2 Å². The second kappa shape index (κ2) is 4.68. The molecule has 1 unspecified atom stereocenters. The molecular formula is C16H22O2. The van der Waals surface area contributed by atoms with Crippen LogP contribution >= 0.6 is 0 Å². The summed E-state index contributed by atoms with van der Waals surface area (Å²) in [5.41, 5.74) is 2.11. The van der Waals surface area contributed by atoms with Crippen molar-refractivity contribution in [1.29, 1.82) is 0 Å². The lowest BCUT2D eigenvalue weighted by atomic mass is 9.99. The van der Waals surface area contributed by atoms with Crippen LogP contribution in [0.5, 0.6) is 11.5 Å². The minimum Gasteiger partial charge on any atom is -0.491 e. The van der Waals surface area contributed by atoms with Gasteiger partial charge in [0.25, 0.3) is 0 Å². The lowest BCUT2D eigenvalue weighted by Crippen LogP contribution is -2.27. The van der Waals surface area contributed by atoms with E-state index in [4.69, 9.17) is 9.47 Å². The van der Waals surface area contributed by atoms with Crippen LogP contribution in [0.15, 0.2) is 18.2 Å². The molecule has 0 aromatic heterocycles. The Labute approximate surface area is 110 Å². The molecule has 1 aromatic rings. The minimum absolute atomic E-state index is 0.231. The number of fused-ring (bicyclic) bond motifs is 1. The van der Waals surface area contributed by atoms with E-state index in [0.29, 0.717) is 0 Å². The van der Waals surface area contributed by atoms with E-state index in [2.05, 4.69) is 52.8 Å². The van der Waals surface area contributed by atoms with Crippen LogP contribution in [0, 0.1) is 6.92 Å². The van der Waals surface area contributed by atoms with Gasteiger partial charge in [-0.25, -0.2) is 0 Å². The molecule has 18 heavy (non-hydrogen) atoms. The predicted octanol–water partition coefficient (Wildman–Crippen LogP) is 4.36. The Hall–Kier alpha value is -1.44. The quantitative estimate of drug-likeness (QED) is 0.789. The number of aryl methyl sites for hydroxylation is 1. The normalized spacial score (nSPS) is 17.8. The number of benzene rings is 1. The Bertz CT molecular complexity index is 472. The highest BCUT2D eigenvalue weighted by atomic mass is 16.5. The minimum atomic E-state index is -0.242. The number of hydrogen-bond donors (Lipinski definition) is 0. The Morgan fingerprint density at radius 3 is 2.72 bits per heavy atom. The Morgan fingerprint density at radius 2 is 2.06 bits per heavy atom. The summed E-state index contributed by atoms with van der Waals surface area (Å²) in [6.45, 7) is 10.4. The molecule has 2 rings (SSSR count). The number of ether oxygens (including phenoxy) is 2. The third-order valence-corrected chi connectivity index (χ3v) is 3.26. The Kier molecular flexibility index (Phi) is 3.38. The second-order valence-electron chi connectivity index (χ2n) is 5.53. The van der Waals surface area contributed by atoms with E-state index >= 15 is 0 Å². The third-order valence-electron chi connectivity index (χ3n) is 3.26. The molecule has 0 N–H and O–H groups in total. The summed E-state index contributed by atoms with van der Waals surface area (Å²) in [5, 5.41) is 0. The van der Waals surface area contributed by atoms with Crippen molar-refractivity contribution in [3.63, 3.8) is 0 Å². The Morgan fingerprint density at radius 1 is 1.33 bits per heavy atom. The van der Waals surface area contributed by atoms with Crippen molar-refractivity contribution >= 4 is 6.08 Å². The van der Waals surface area contributed by atoms with Gasteiger partial charge in [-0.3, -0.25) is 0 Å². The highest BCUT2D eigenvalue weighted by Crippen LogP contribution is 2.36. The highest BCUT2D eigenvalue weighted by Gasteiger charge is 2.23. The zero-order valence-corrected chi connectivity index (χ0v) is 11.9. The molecule has 1 aliphatic rings. The van der Waals surface area contributed by atoms with Crippen LogP contribution in [-0.2, 0) is 0 Å². The molecule has 2 nitrogen and oxygen atoms in total. The fourth-order valence-corrected chi connectivity index (χ4v) is 2.02. The van der Waals surface area contributed by atoms with E-state index in [1.54, 1.807) is 0 Å². The first kappa shape index (κ1) is 13.0. The van der Waals surface area contributed by atoms with Gasteiger partial charge in [0.1, 0.15) is 17.1 Å². The summed E-state index contributed by atoms with van der Waals surface area (Å²) < 4.78 is 11.9.